The predicted molar refractivity (Wildman–Crippen MR) is 165 cm³/mol. The fraction of sp³-hybridized carbons (Fsp3) is 0.367. The molecule has 10 nitrogen and oxygen atoms in total. The van der Waals surface area contributed by atoms with E-state index in [4.69, 9.17) is 38.9 Å². The lowest BCUT2D eigenvalue weighted by atomic mass is 9.85. The third kappa shape index (κ3) is 5.80. The van der Waals surface area contributed by atoms with Gasteiger partial charge in [-0.05, 0) is 62.8 Å². The number of aromatic nitrogens is 4. The molecule has 0 bridgehead atoms. The molecule has 4 aromatic rings. The minimum absolute atomic E-state index is 0.0232. The summed E-state index contributed by atoms with van der Waals surface area (Å²) in [5.74, 6) is 0.653. The predicted octanol–water partition coefficient (Wildman–Crippen LogP) is 6.05. The average molecular weight is 605 g/mol. The quantitative estimate of drug-likeness (QED) is 0.232. The van der Waals surface area contributed by atoms with Gasteiger partial charge in [0.05, 0.1) is 33.6 Å². The van der Waals surface area contributed by atoms with E-state index in [1.807, 2.05) is 6.07 Å². The first-order chi connectivity index (χ1) is 20.4. The zero-order valence-corrected chi connectivity index (χ0v) is 24.4. The Hall–Kier alpha value is -4.07. The first kappa shape index (κ1) is 28.1. The largest absolute Gasteiger partial charge is 0.369 e. The Kier molecular flexibility index (Phi) is 8.05. The van der Waals surface area contributed by atoms with E-state index < -0.39 is 0 Å². The molecule has 1 amide bonds. The maximum Gasteiger partial charge on any atom is 0.225 e. The molecule has 2 aromatic heterocycles. The van der Waals surface area contributed by atoms with Crippen LogP contribution in [0.2, 0.25) is 10.0 Å². The number of para-hydroxylation sites is 1. The Morgan fingerprint density at radius 2 is 1.79 bits per heavy atom. The Labute approximate surface area is 253 Å². The monoisotopic (exact) mass is 603 g/mol. The van der Waals surface area contributed by atoms with Gasteiger partial charge in [0.1, 0.15) is 5.52 Å². The lowest BCUT2D eigenvalue weighted by molar-refractivity contribution is -0.122. The first-order valence-corrected chi connectivity index (χ1v) is 14.9. The van der Waals surface area contributed by atoms with Crippen molar-refractivity contribution in [3.8, 4) is 6.07 Å². The van der Waals surface area contributed by atoms with Crippen molar-refractivity contribution in [2.24, 2.45) is 11.7 Å². The van der Waals surface area contributed by atoms with E-state index in [0.717, 1.165) is 38.8 Å². The van der Waals surface area contributed by atoms with Gasteiger partial charge in [-0.2, -0.15) is 10.2 Å². The summed E-state index contributed by atoms with van der Waals surface area (Å²) in [6.45, 7) is 1.86. The van der Waals surface area contributed by atoms with Gasteiger partial charge in [-0.15, -0.1) is 0 Å². The van der Waals surface area contributed by atoms with Crippen molar-refractivity contribution in [1.82, 2.24) is 19.5 Å². The van der Waals surface area contributed by atoms with Crippen LogP contribution in [0.5, 0.6) is 0 Å². The SMILES string of the molecule is N#Cc1cc(Cl)c(Nc2nc3cnc(N[C@@H]4CCCN(c5ccccc5)C4)nc3n2[C@H]2CC[C@H](C(N)=O)CC2)c(Cl)c1. The summed E-state index contributed by atoms with van der Waals surface area (Å²) >= 11 is 13.0. The number of hydrogen-bond donors (Lipinski definition) is 3. The number of piperidine rings is 1. The Balaban J connectivity index is 1.32. The maximum atomic E-state index is 11.8. The molecule has 6 rings (SSSR count). The first-order valence-electron chi connectivity index (χ1n) is 14.2. The molecular formula is C30H31Cl2N9O. The number of anilines is 4. The molecule has 1 aliphatic heterocycles. The number of nitrogens with two attached hydrogens (primary N) is 1. The van der Waals surface area contributed by atoms with Crippen molar-refractivity contribution in [2.45, 2.75) is 50.6 Å². The highest BCUT2D eigenvalue weighted by Gasteiger charge is 2.30. The lowest BCUT2D eigenvalue weighted by Crippen LogP contribution is -2.42. The maximum absolute atomic E-state index is 11.8. The summed E-state index contributed by atoms with van der Waals surface area (Å²) in [6.07, 6.45) is 6.66. The minimum atomic E-state index is -0.260. The van der Waals surface area contributed by atoms with Crippen molar-refractivity contribution in [2.75, 3.05) is 28.6 Å². The molecule has 2 aromatic carbocycles. The van der Waals surface area contributed by atoms with E-state index in [1.165, 1.54) is 5.69 Å². The molecule has 4 N–H and O–H groups in total. The summed E-state index contributed by atoms with van der Waals surface area (Å²) in [4.78, 5) is 28.6. The third-order valence-corrected chi connectivity index (χ3v) is 8.78. The van der Waals surface area contributed by atoms with Crippen LogP contribution in [0.15, 0.2) is 48.7 Å². The number of nitriles is 1. The van der Waals surface area contributed by atoms with Gasteiger partial charge in [0, 0.05) is 36.8 Å². The number of hydrogen-bond acceptors (Lipinski definition) is 8. The fourth-order valence-corrected chi connectivity index (χ4v) is 6.61. The number of nitrogens with one attached hydrogen (secondary N) is 2. The standard InChI is InChI=1S/C30H31Cl2N9O/c31-23-13-18(15-33)14-24(32)26(23)38-30-37-25-16-35-29(36-20-5-4-12-40(17-20)21-6-2-1-3-7-21)39-28(25)41(30)22-10-8-19(9-11-22)27(34)42/h1-3,6-7,13-14,16,19-20,22H,4-5,8-12,17H2,(H2,34,42)(H,37,38)(H,35,36,39)/t19-,20-,22-/m1/s1. The fourth-order valence-electron chi connectivity index (χ4n) is 6.03. The van der Waals surface area contributed by atoms with Gasteiger partial charge in [0.2, 0.25) is 17.8 Å². The molecule has 1 saturated heterocycles. The molecule has 1 aliphatic carbocycles. The topological polar surface area (TPSA) is 138 Å². The number of benzene rings is 2. The number of fused-ring (bicyclic) bond motifs is 1. The van der Waals surface area contributed by atoms with Crippen LogP contribution in [-0.4, -0.2) is 44.6 Å². The summed E-state index contributed by atoms with van der Waals surface area (Å²) in [7, 11) is 0. The van der Waals surface area contributed by atoms with Gasteiger partial charge in [-0.3, -0.25) is 9.36 Å². The smallest absolute Gasteiger partial charge is 0.225 e. The van der Waals surface area contributed by atoms with E-state index in [1.54, 1.807) is 18.3 Å². The van der Waals surface area contributed by atoms with Crippen LogP contribution in [0.1, 0.15) is 50.1 Å². The van der Waals surface area contributed by atoms with E-state index in [9.17, 15) is 10.1 Å². The van der Waals surface area contributed by atoms with E-state index in [0.29, 0.717) is 57.2 Å². The Bertz CT molecular complexity index is 1620. The number of primary amides is 1. The second-order valence-electron chi connectivity index (χ2n) is 10.9. The van der Waals surface area contributed by atoms with Gasteiger partial charge in [-0.25, -0.2) is 9.97 Å². The number of carbonyl (C=O) groups excluding carboxylic acids is 1. The normalized spacial score (nSPS) is 20.7. The Morgan fingerprint density at radius 3 is 2.48 bits per heavy atom. The number of carbonyl (C=O) groups is 1. The number of rotatable bonds is 7. The molecule has 42 heavy (non-hydrogen) atoms. The van der Waals surface area contributed by atoms with Crippen molar-refractivity contribution >= 4 is 63.5 Å². The van der Waals surface area contributed by atoms with Crippen molar-refractivity contribution in [3.05, 3.63) is 64.3 Å². The van der Waals surface area contributed by atoms with Gasteiger partial charge in [0.25, 0.3) is 0 Å². The zero-order chi connectivity index (χ0) is 29.2. The molecular weight excluding hydrogens is 573 g/mol. The van der Waals surface area contributed by atoms with Gasteiger partial charge >= 0.3 is 0 Å². The van der Waals surface area contributed by atoms with Crippen LogP contribution in [0.4, 0.5) is 23.3 Å². The van der Waals surface area contributed by atoms with E-state index in [-0.39, 0.29) is 23.9 Å². The number of nitrogens with zero attached hydrogens (tertiary/aromatic N) is 6. The van der Waals surface area contributed by atoms with Crippen molar-refractivity contribution < 1.29 is 4.79 Å². The van der Waals surface area contributed by atoms with E-state index in [2.05, 4.69) is 55.4 Å². The summed E-state index contributed by atoms with van der Waals surface area (Å²) in [5.41, 5.74) is 8.93. The van der Waals surface area contributed by atoms with Crippen LogP contribution >= 0.6 is 23.2 Å². The van der Waals surface area contributed by atoms with Crippen molar-refractivity contribution in [3.63, 3.8) is 0 Å². The van der Waals surface area contributed by atoms with Crippen LogP contribution < -0.4 is 21.3 Å². The second-order valence-corrected chi connectivity index (χ2v) is 11.7. The van der Waals surface area contributed by atoms with E-state index >= 15 is 0 Å². The van der Waals surface area contributed by atoms with Gasteiger partial charge in [-0.1, -0.05) is 41.4 Å². The average Bonchev–Trinajstić information content (AvgIpc) is 3.36. The zero-order valence-electron chi connectivity index (χ0n) is 22.9. The van der Waals surface area contributed by atoms with Crippen LogP contribution in [-0.2, 0) is 4.79 Å². The molecule has 216 valence electrons. The number of amides is 1. The number of halogens is 2. The molecule has 1 atom stereocenters. The molecule has 12 heteroatoms. The summed E-state index contributed by atoms with van der Waals surface area (Å²) < 4.78 is 2.06. The highest BCUT2D eigenvalue weighted by molar-refractivity contribution is 6.39. The minimum Gasteiger partial charge on any atom is -0.369 e. The van der Waals surface area contributed by atoms with Crippen molar-refractivity contribution in [1.29, 1.82) is 5.26 Å². The summed E-state index contributed by atoms with van der Waals surface area (Å²) in [6, 6.07) is 15.8. The molecule has 0 spiro atoms. The second kappa shape index (κ2) is 12.0. The molecule has 3 heterocycles. The van der Waals surface area contributed by atoms with Crippen LogP contribution in [0, 0.1) is 17.2 Å². The van der Waals surface area contributed by atoms with Gasteiger partial charge in [0.15, 0.2) is 5.65 Å². The molecule has 0 radical (unpaired) electrons. The lowest BCUT2D eigenvalue weighted by Gasteiger charge is -2.34. The highest BCUT2D eigenvalue weighted by Crippen LogP contribution is 2.39. The summed E-state index contributed by atoms with van der Waals surface area (Å²) in [5, 5.41) is 16.8. The molecule has 0 unspecified atom stereocenters. The third-order valence-electron chi connectivity index (χ3n) is 8.18. The van der Waals surface area contributed by atoms with Crippen LogP contribution in [0.3, 0.4) is 0 Å². The number of imidazole rings is 1. The molecule has 2 fully saturated rings. The highest BCUT2D eigenvalue weighted by atomic mass is 35.5. The molecule has 2 aliphatic rings. The molecule has 1 saturated carbocycles. The van der Waals surface area contributed by atoms with Gasteiger partial charge < -0.3 is 21.3 Å². The van der Waals surface area contributed by atoms with Crippen LogP contribution in [0.25, 0.3) is 11.2 Å². The Morgan fingerprint density at radius 1 is 1.05 bits per heavy atom.